The van der Waals surface area contributed by atoms with Gasteiger partial charge in [0.25, 0.3) is 0 Å². The quantitative estimate of drug-likeness (QED) is 0.417. The molecule has 174 valence electrons. The number of rotatable bonds is 5. The lowest BCUT2D eigenvalue weighted by Gasteiger charge is -2.35. The van der Waals surface area contributed by atoms with Crippen LogP contribution in [0.15, 0.2) is 42.6 Å². The number of hydrogen-bond acceptors (Lipinski definition) is 5. The summed E-state index contributed by atoms with van der Waals surface area (Å²) in [5.74, 6) is -1.16. The molecule has 0 amide bonds. The first-order chi connectivity index (χ1) is 15.6. The predicted molar refractivity (Wildman–Crippen MR) is 121 cm³/mol. The summed E-state index contributed by atoms with van der Waals surface area (Å²) in [6.45, 7) is 0.602. The van der Waals surface area contributed by atoms with Crippen LogP contribution in [0, 0.1) is 0 Å². The number of alkyl halides is 3. The average Bonchev–Trinajstić information content (AvgIpc) is 2.74. The van der Waals surface area contributed by atoms with Gasteiger partial charge in [-0.25, -0.2) is 4.79 Å². The number of nitrogens with one attached hydrogen (secondary N) is 1. The summed E-state index contributed by atoms with van der Waals surface area (Å²) in [6, 6.07) is 9.57. The molecule has 1 aliphatic heterocycles. The number of aromatic nitrogens is 1. The number of carbonyl (C=O) groups is 1. The van der Waals surface area contributed by atoms with E-state index in [1.165, 1.54) is 6.07 Å². The molecule has 4 rings (SSSR count). The minimum atomic E-state index is -4.68. The van der Waals surface area contributed by atoms with Crippen LogP contribution in [0.4, 0.5) is 30.2 Å². The zero-order valence-corrected chi connectivity index (χ0v) is 18.5. The lowest BCUT2D eigenvalue weighted by atomic mass is 10.1. The van der Waals surface area contributed by atoms with Crippen LogP contribution < -0.4 is 10.2 Å². The minimum Gasteiger partial charge on any atom is -0.478 e. The van der Waals surface area contributed by atoms with E-state index in [1.807, 2.05) is 4.90 Å². The second kappa shape index (κ2) is 9.24. The van der Waals surface area contributed by atoms with Gasteiger partial charge in [-0.2, -0.15) is 0 Å². The third-order valence-corrected chi connectivity index (χ3v) is 5.83. The van der Waals surface area contributed by atoms with E-state index in [4.69, 9.17) is 23.2 Å². The van der Waals surface area contributed by atoms with Gasteiger partial charge in [-0.15, -0.1) is 13.2 Å². The average molecular weight is 500 g/mol. The molecule has 2 N–H and O–H groups in total. The number of hydrogen-bond donors (Lipinski definition) is 2. The van der Waals surface area contributed by atoms with Crippen molar-refractivity contribution >= 4 is 57.1 Å². The summed E-state index contributed by atoms with van der Waals surface area (Å²) >= 11 is 12.2. The minimum absolute atomic E-state index is 0.0299. The van der Waals surface area contributed by atoms with Crippen LogP contribution >= 0.6 is 23.2 Å². The van der Waals surface area contributed by atoms with Gasteiger partial charge >= 0.3 is 12.3 Å². The standard InChI is InChI=1S/C22H18Cl2F3N3O3/c23-12-1-3-17-15(9-12)20(29-18-4-2-13(24)10-16(18)21(31)32)19(11-28-17)30-7-5-14(6-8-30)33-22(25,26)27/h1-4,9-11,14H,5-8H2,(H,28,29)(H,31,32). The number of halogens is 5. The van der Waals surface area contributed by atoms with Crippen molar-refractivity contribution in [2.24, 2.45) is 0 Å². The van der Waals surface area contributed by atoms with Crippen molar-refractivity contribution in [2.75, 3.05) is 23.3 Å². The van der Waals surface area contributed by atoms with E-state index in [2.05, 4.69) is 15.0 Å². The molecule has 0 bridgehead atoms. The highest BCUT2D eigenvalue weighted by molar-refractivity contribution is 6.32. The van der Waals surface area contributed by atoms with Gasteiger partial charge in [0.05, 0.1) is 40.4 Å². The normalized spacial score (nSPS) is 15.1. The molecule has 1 aliphatic rings. The number of carboxylic acid groups (broad SMARTS) is 1. The fraction of sp³-hybridized carbons (Fsp3) is 0.273. The number of benzene rings is 2. The SMILES string of the molecule is O=C(O)c1cc(Cl)ccc1Nc1c(N2CCC(OC(F)(F)F)CC2)cnc2ccc(Cl)cc12. The fourth-order valence-corrected chi connectivity index (χ4v) is 4.21. The largest absolute Gasteiger partial charge is 0.522 e. The molecule has 0 unspecified atom stereocenters. The Morgan fingerprint density at radius 2 is 1.79 bits per heavy atom. The van der Waals surface area contributed by atoms with Crippen molar-refractivity contribution in [3.8, 4) is 0 Å². The van der Waals surface area contributed by atoms with Crippen molar-refractivity contribution in [3.63, 3.8) is 0 Å². The summed E-state index contributed by atoms with van der Waals surface area (Å²) in [6.07, 6.45) is -3.64. The highest BCUT2D eigenvalue weighted by Crippen LogP contribution is 2.39. The van der Waals surface area contributed by atoms with Gasteiger partial charge in [-0.3, -0.25) is 9.72 Å². The van der Waals surface area contributed by atoms with E-state index in [0.29, 0.717) is 46.1 Å². The summed E-state index contributed by atoms with van der Waals surface area (Å²) in [5.41, 5.74) is 2.05. The Hall–Kier alpha value is -2.75. The van der Waals surface area contributed by atoms with Crippen molar-refractivity contribution in [1.29, 1.82) is 0 Å². The van der Waals surface area contributed by atoms with E-state index in [-0.39, 0.29) is 23.4 Å². The van der Waals surface area contributed by atoms with Crippen molar-refractivity contribution < 1.29 is 27.8 Å². The van der Waals surface area contributed by atoms with Crippen molar-refractivity contribution in [3.05, 3.63) is 58.2 Å². The lowest BCUT2D eigenvalue weighted by molar-refractivity contribution is -0.344. The number of carboxylic acids is 1. The Kier molecular flexibility index (Phi) is 6.56. The van der Waals surface area contributed by atoms with Gasteiger partial charge in [0.15, 0.2) is 0 Å². The highest BCUT2D eigenvalue weighted by Gasteiger charge is 2.35. The molecule has 2 heterocycles. The van der Waals surface area contributed by atoms with E-state index >= 15 is 0 Å². The number of nitrogens with zero attached hydrogens (tertiary/aromatic N) is 2. The Morgan fingerprint density at radius 1 is 1.12 bits per heavy atom. The van der Waals surface area contributed by atoms with E-state index in [9.17, 15) is 23.1 Å². The van der Waals surface area contributed by atoms with Crippen LogP contribution in [0.2, 0.25) is 10.0 Å². The number of anilines is 3. The molecule has 0 aliphatic carbocycles. The summed E-state index contributed by atoms with van der Waals surface area (Å²) < 4.78 is 41.9. The number of ether oxygens (including phenoxy) is 1. The molecule has 33 heavy (non-hydrogen) atoms. The van der Waals surface area contributed by atoms with E-state index in [0.717, 1.165) is 0 Å². The zero-order chi connectivity index (χ0) is 23.8. The number of aromatic carboxylic acids is 1. The van der Waals surface area contributed by atoms with Crippen LogP contribution in [0.5, 0.6) is 0 Å². The Morgan fingerprint density at radius 3 is 2.45 bits per heavy atom. The molecule has 3 aromatic rings. The third kappa shape index (κ3) is 5.43. The number of piperidine rings is 1. The molecule has 0 atom stereocenters. The predicted octanol–water partition coefficient (Wildman–Crippen LogP) is 6.49. The molecule has 11 heteroatoms. The van der Waals surface area contributed by atoms with Crippen LogP contribution in [0.25, 0.3) is 10.9 Å². The monoisotopic (exact) mass is 499 g/mol. The number of fused-ring (bicyclic) bond motifs is 1. The van der Waals surface area contributed by atoms with Gasteiger partial charge < -0.3 is 15.3 Å². The van der Waals surface area contributed by atoms with E-state index in [1.54, 1.807) is 36.5 Å². The Labute approximate surface area is 196 Å². The lowest BCUT2D eigenvalue weighted by Crippen LogP contribution is -2.39. The van der Waals surface area contributed by atoms with Crippen molar-refractivity contribution in [2.45, 2.75) is 25.3 Å². The number of pyridine rings is 1. The smallest absolute Gasteiger partial charge is 0.478 e. The molecule has 0 radical (unpaired) electrons. The highest BCUT2D eigenvalue weighted by atomic mass is 35.5. The maximum absolute atomic E-state index is 12.6. The van der Waals surface area contributed by atoms with Crippen LogP contribution in [0.3, 0.4) is 0 Å². The van der Waals surface area contributed by atoms with Gasteiger partial charge in [0.2, 0.25) is 0 Å². The van der Waals surface area contributed by atoms with Crippen molar-refractivity contribution in [1.82, 2.24) is 4.98 Å². The summed E-state index contributed by atoms with van der Waals surface area (Å²) in [5, 5.41) is 14.2. The van der Waals surface area contributed by atoms with Crippen LogP contribution in [-0.4, -0.2) is 41.6 Å². The molecule has 6 nitrogen and oxygen atoms in total. The first-order valence-electron chi connectivity index (χ1n) is 9.98. The molecule has 1 saturated heterocycles. The summed E-state index contributed by atoms with van der Waals surface area (Å²) in [4.78, 5) is 18.1. The molecule has 1 fully saturated rings. The van der Waals surface area contributed by atoms with E-state index < -0.39 is 18.4 Å². The summed E-state index contributed by atoms with van der Waals surface area (Å²) in [7, 11) is 0. The second-order valence-corrected chi connectivity index (χ2v) is 8.42. The zero-order valence-electron chi connectivity index (χ0n) is 17.0. The van der Waals surface area contributed by atoms with Gasteiger partial charge in [0.1, 0.15) is 0 Å². The topological polar surface area (TPSA) is 74.7 Å². The third-order valence-electron chi connectivity index (χ3n) is 5.36. The molecular formula is C22H18Cl2F3N3O3. The Bertz CT molecular complexity index is 1200. The fourth-order valence-electron chi connectivity index (χ4n) is 3.87. The molecule has 0 spiro atoms. The first kappa shape index (κ1) is 23.4. The maximum Gasteiger partial charge on any atom is 0.522 e. The van der Waals surface area contributed by atoms with Gasteiger partial charge in [-0.05, 0) is 49.2 Å². The van der Waals surface area contributed by atoms with Crippen LogP contribution in [0.1, 0.15) is 23.2 Å². The maximum atomic E-state index is 12.6. The Balaban J connectivity index is 1.73. The first-order valence-corrected chi connectivity index (χ1v) is 10.7. The van der Waals surface area contributed by atoms with Gasteiger partial charge in [-0.1, -0.05) is 23.2 Å². The molecular weight excluding hydrogens is 482 g/mol. The van der Waals surface area contributed by atoms with Crippen LogP contribution in [-0.2, 0) is 4.74 Å². The molecule has 2 aromatic carbocycles. The molecule has 1 aromatic heterocycles. The van der Waals surface area contributed by atoms with Gasteiger partial charge in [0, 0.05) is 28.5 Å². The molecule has 0 saturated carbocycles. The second-order valence-electron chi connectivity index (χ2n) is 7.55.